The van der Waals surface area contributed by atoms with Crippen LogP contribution in [0.2, 0.25) is 0 Å². The minimum atomic E-state index is -2.11. The molecule has 1 heterocycles. The topological polar surface area (TPSA) is 96.3 Å². The summed E-state index contributed by atoms with van der Waals surface area (Å²) in [6, 6.07) is 15.0. The van der Waals surface area contributed by atoms with Crippen molar-refractivity contribution in [2.45, 2.75) is 31.8 Å². The smallest absolute Gasteiger partial charge is 0.372 e. The molecule has 0 aliphatic carbocycles. The highest BCUT2D eigenvalue weighted by Crippen LogP contribution is 2.32. The zero-order valence-corrected chi connectivity index (χ0v) is 15.6. The molecule has 7 nitrogen and oxygen atoms in total. The highest BCUT2D eigenvalue weighted by molar-refractivity contribution is 5.96. The average molecular weight is 385 g/mol. The first-order valence-corrected chi connectivity index (χ1v) is 9.17. The molecule has 0 radical (unpaired) electrons. The van der Waals surface area contributed by atoms with E-state index in [1.165, 1.54) is 0 Å². The van der Waals surface area contributed by atoms with Gasteiger partial charge in [0.25, 0.3) is 0 Å². The van der Waals surface area contributed by atoms with Crippen LogP contribution in [-0.4, -0.2) is 46.6 Å². The quantitative estimate of drug-likeness (QED) is 0.620. The summed E-state index contributed by atoms with van der Waals surface area (Å²) < 4.78 is 10.2. The number of benzene rings is 2. The molecule has 28 heavy (non-hydrogen) atoms. The number of esters is 1. The van der Waals surface area contributed by atoms with E-state index in [9.17, 15) is 19.8 Å². The molecule has 2 aromatic rings. The summed E-state index contributed by atoms with van der Waals surface area (Å²) in [6.45, 7) is 2.00. The van der Waals surface area contributed by atoms with Crippen LogP contribution in [0, 0.1) is 0 Å². The van der Waals surface area contributed by atoms with Crippen molar-refractivity contribution in [1.82, 2.24) is 4.90 Å². The summed E-state index contributed by atoms with van der Waals surface area (Å²) >= 11 is 0. The summed E-state index contributed by atoms with van der Waals surface area (Å²) in [5, 5.41) is 21.3. The molecular weight excluding hydrogens is 362 g/mol. The third-order valence-electron chi connectivity index (χ3n) is 4.63. The lowest BCUT2D eigenvalue weighted by Gasteiger charge is -2.42. The zero-order chi connectivity index (χ0) is 20.1. The van der Waals surface area contributed by atoms with Crippen molar-refractivity contribution in [3.63, 3.8) is 0 Å². The van der Waals surface area contributed by atoms with Crippen LogP contribution in [0.1, 0.15) is 34.8 Å². The second kappa shape index (κ2) is 8.52. The maximum absolute atomic E-state index is 12.4. The summed E-state index contributed by atoms with van der Waals surface area (Å²) in [7, 11) is 0. The Bertz CT molecular complexity index is 823. The van der Waals surface area contributed by atoms with Gasteiger partial charge in [-0.3, -0.25) is 4.90 Å². The molecule has 2 atom stereocenters. The van der Waals surface area contributed by atoms with Gasteiger partial charge in [0.2, 0.25) is 5.79 Å². The minimum Gasteiger partial charge on any atom is -0.372 e. The predicted molar refractivity (Wildman–Crippen MR) is 100 cm³/mol. The number of aliphatic hydroxyl groups excluding tert-OH is 1. The van der Waals surface area contributed by atoms with Gasteiger partial charge in [0.1, 0.15) is 0 Å². The number of ether oxygens (including phenoxy) is 2. The lowest BCUT2D eigenvalue weighted by Crippen LogP contribution is -2.59. The first kappa shape index (κ1) is 20.0. The normalized spacial score (nSPS) is 22.0. The molecule has 148 valence electrons. The lowest BCUT2D eigenvalue weighted by molar-refractivity contribution is -0.319. The molecule has 1 fully saturated rings. The summed E-state index contributed by atoms with van der Waals surface area (Å²) in [6.07, 6.45) is -0.892. The third kappa shape index (κ3) is 4.06. The van der Waals surface area contributed by atoms with Gasteiger partial charge >= 0.3 is 12.1 Å². The van der Waals surface area contributed by atoms with Crippen LogP contribution < -0.4 is 0 Å². The molecule has 1 saturated heterocycles. The van der Waals surface area contributed by atoms with Gasteiger partial charge in [-0.1, -0.05) is 55.8 Å². The number of nitrogens with zero attached hydrogens (tertiary/aromatic N) is 1. The fraction of sp³-hybridized carbons (Fsp3) is 0.333. The SMILES string of the molecule is CCCc1ccc(C(=O)OC(=O)N2CCOC(O)(c3ccccc3)C2O)cc1. The Morgan fingerprint density at radius 1 is 1.18 bits per heavy atom. The highest BCUT2D eigenvalue weighted by Gasteiger charge is 2.48. The predicted octanol–water partition coefficient (Wildman–Crippen LogP) is 2.41. The molecule has 2 aromatic carbocycles. The van der Waals surface area contributed by atoms with Gasteiger partial charge in [0.15, 0.2) is 6.23 Å². The minimum absolute atomic E-state index is 0.0299. The van der Waals surface area contributed by atoms with Crippen molar-refractivity contribution < 1.29 is 29.3 Å². The molecule has 1 aliphatic rings. The van der Waals surface area contributed by atoms with Crippen LogP contribution in [-0.2, 0) is 21.7 Å². The Labute approximate surface area is 163 Å². The van der Waals surface area contributed by atoms with Crippen molar-refractivity contribution in [1.29, 1.82) is 0 Å². The van der Waals surface area contributed by atoms with Gasteiger partial charge in [-0.05, 0) is 24.1 Å². The third-order valence-corrected chi connectivity index (χ3v) is 4.63. The average Bonchev–Trinajstić information content (AvgIpc) is 2.71. The maximum atomic E-state index is 12.4. The molecule has 2 unspecified atom stereocenters. The summed E-state index contributed by atoms with van der Waals surface area (Å²) in [4.78, 5) is 25.6. The van der Waals surface area contributed by atoms with E-state index in [2.05, 4.69) is 6.92 Å². The summed E-state index contributed by atoms with van der Waals surface area (Å²) in [5.74, 6) is -2.93. The Morgan fingerprint density at radius 3 is 2.50 bits per heavy atom. The molecule has 0 spiro atoms. The Kier molecular flexibility index (Phi) is 6.08. The number of hydrogen-bond acceptors (Lipinski definition) is 6. The largest absolute Gasteiger partial charge is 0.420 e. The number of rotatable bonds is 4. The van der Waals surface area contributed by atoms with E-state index in [-0.39, 0.29) is 24.3 Å². The van der Waals surface area contributed by atoms with E-state index < -0.39 is 24.1 Å². The molecular formula is C21H23NO6. The molecule has 1 amide bonds. The van der Waals surface area contributed by atoms with Crippen LogP contribution >= 0.6 is 0 Å². The standard InChI is InChI=1S/C21H23NO6/c1-2-6-15-9-11-16(12-10-15)18(23)28-20(25)22-13-14-27-21(26,19(22)24)17-7-4-3-5-8-17/h3-5,7-12,19,24,26H,2,6,13-14H2,1H3. The van der Waals surface area contributed by atoms with Crippen LogP contribution in [0.15, 0.2) is 54.6 Å². The van der Waals surface area contributed by atoms with Gasteiger partial charge in [-0.2, -0.15) is 0 Å². The van der Waals surface area contributed by atoms with Gasteiger partial charge < -0.3 is 19.7 Å². The van der Waals surface area contributed by atoms with Gasteiger partial charge in [-0.25, -0.2) is 9.59 Å². The van der Waals surface area contributed by atoms with E-state index in [0.717, 1.165) is 23.3 Å². The summed E-state index contributed by atoms with van der Waals surface area (Å²) in [5.41, 5.74) is 1.61. The molecule has 0 saturated carbocycles. The maximum Gasteiger partial charge on any atom is 0.420 e. The van der Waals surface area contributed by atoms with Crippen LogP contribution in [0.25, 0.3) is 0 Å². The number of carbonyl (C=O) groups excluding carboxylic acids is 2. The van der Waals surface area contributed by atoms with Crippen molar-refractivity contribution >= 4 is 12.1 Å². The Hall–Kier alpha value is -2.74. The van der Waals surface area contributed by atoms with E-state index >= 15 is 0 Å². The van der Waals surface area contributed by atoms with Crippen molar-refractivity contribution in [2.24, 2.45) is 0 Å². The van der Waals surface area contributed by atoms with Crippen molar-refractivity contribution in [3.05, 3.63) is 71.3 Å². The molecule has 1 aliphatic heterocycles. The Balaban J connectivity index is 1.70. The first-order valence-electron chi connectivity index (χ1n) is 9.17. The number of aliphatic hydroxyl groups is 2. The van der Waals surface area contributed by atoms with E-state index in [4.69, 9.17) is 9.47 Å². The zero-order valence-electron chi connectivity index (χ0n) is 15.6. The fourth-order valence-electron chi connectivity index (χ4n) is 3.10. The van der Waals surface area contributed by atoms with Gasteiger partial charge in [0.05, 0.1) is 18.7 Å². The van der Waals surface area contributed by atoms with E-state index in [1.54, 1.807) is 42.5 Å². The number of carbonyl (C=O) groups is 2. The van der Waals surface area contributed by atoms with Crippen LogP contribution in [0.5, 0.6) is 0 Å². The van der Waals surface area contributed by atoms with Crippen LogP contribution in [0.3, 0.4) is 0 Å². The van der Waals surface area contributed by atoms with Crippen molar-refractivity contribution in [3.8, 4) is 0 Å². The second-order valence-electron chi connectivity index (χ2n) is 6.58. The molecule has 0 aromatic heterocycles. The van der Waals surface area contributed by atoms with Gasteiger partial charge in [0, 0.05) is 5.56 Å². The second-order valence-corrected chi connectivity index (χ2v) is 6.58. The van der Waals surface area contributed by atoms with Crippen LogP contribution in [0.4, 0.5) is 4.79 Å². The monoisotopic (exact) mass is 385 g/mol. The Morgan fingerprint density at radius 2 is 1.86 bits per heavy atom. The molecule has 7 heteroatoms. The number of aryl methyl sites for hydroxylation is 1. The fourth-order valence-corrected chi connectivity index (χ4v) is 3.10. The highest BCUT2D eigenvalue weighted by atomic mass is 16.7. The van der Waals surface area contributed by atoms with E-state index in [1.807, 2.05) is 12.1 Å². The first-order chi connectivity index (χ1) is 13.5. The van der Waals surface area contributed by atoms with Crippen molar-refractivity contribution in [2.75, 3.05) is 13.2 Å². The lowest BCUT2D eigenvalue weighted by atomic mass is 10.0. The van der Waals surface area contributed by atoms with Gasteiger partial charge in [-0.15, -0.1) is 0 Å². The molecule has 2 N–H and O–H groups in total. The number of morpholine rings is 1. The number of amides is 1. The molecule has 0 bridgehead atoms. The number of hydrogen-bond donors (Lipinski definition) is 2. The molecule has 3 rings (SSSR count). The van der Waals surface area contributed by atoms with E-state index in [0.29, 0.717) is 0 Å².